The van der Waals surface area contributed by atoms with E-state index in [4.69, 9.17) is 15.2 Å². The Balaban J connectivity index is 2.33. The molecule has 5 heteroatoms. The highest BCUT2D eigenvalue weighted by atomic mass is 16.5. The second-order valence-corrected chi connectivity index (χ2v) is 5.79. The summed E-state index contributed by atoms with van der Waals surface area (Å²) in [5, 5.41) is 19.3. The molecule has 27 heavy (non-hydrogen) atoms. The lowest BCUT2D eigenvalue weighted by atomic mass is 9.89. The topological polar surface area (TPSA) is 92.1 Å². The Morgan fingerprint density at radius 3 is 1.89 bits per heavy atom. The fourth-order valence-electron chi connectivity index (χ4n) is 3.02. The van der Waals surface area contributed by atoms with Crippen LogP contribution in [0.1, 0.15) is 11.1 Å². The van der Waals surface area contributed by atoms with Gasteiger partial charge in [0.2, 0.25) is 0 Å². The maximum absolute atomic E-state index is 9.67. The van der Waals surface area contributed by atoms with Gasteiger partial charge in [-0.3, -0.25) is 0 Å². The van der Waals surface area contributed by atoms with Crippen molar-refractivity contribution in [1.29, 1.82) is 10.5 Å². The van der Waals surface area contributed by atoms with Crippen molar-refractivity contribution in [1.82, 2.24) is 0 Å². The SMILES string of the molecule is COc1ccc(-c2cc(-c3ccccc3)c(C#N)c(N)c2C#N)cc1OC. The second kappa shape index (κ2) is 7.51. The Morgan fingerprint density at radius 1 is 0.741 bits per heavy atom. The quantitative estimate of drug-likeness (QED) is 0.702. The molecule has 0 saturated heterocycles. The molecule has 5 nitrogen and oxygen atoms in total. The molecule has 132 valence electrons. The number of hydrogen-bond acceptors (Lipinski definition) is 5. The lowest BCUT2D eigenvalue weighted by Gasteiger charge is -2.15. The zero-order valence-electron chi connectivity index (χ0n) is 15.0. The molecule has 0 heterocycles. The van der Waals surface area contributed by atoms with Crippen molar-refractivity contribution in [3.8, 4) is 45.9 Å². The van der Waals surface area contributed by atoms with Crippen LogP contribution in [0.25, 0.3) is 22.3 Å². The molecule has 3 aromatic carbocycles. The van der Waals surface area contributed by atoms with Crippen molar-refractivity contribution in [2.24, 2.45) is 0 Å². The summed E-state index contributed by atoms with van der Waals surface area (Å²) in [6.07, 6.45) is 0. The van der Waals surface area contributed by atoms with Crippen LogP contribution in [0.3, 0.4) is 0 Å². The van der Waals surface area contributed by atoms with E-state index in [9.17, 15) is 10.5 Å². The van der Waals surface area contributed by atoms with Crippen LogP contribution >= 0.6 is 0 Å². The second-order valence-electron chi connectivity index (χ2n) is 5.79. The van der Waals surface area contributed by atoms with E-state index in [2.05, 4.69) is 12.1 Å². The van der Waals surface area contributed by atoms with E-state index in [1.807, 2.05) is 42.5 Å². The number of anilines is 1. The monoisotopic (exact) mass is 355 g/mol. The van der Waals surface area contributed by atoms with Gasteiger partial charge in [-0.25, -0.2) is 0 Å². The minimum absolute atomic E-state index is 0.172. The van der Waals surface area contributed by atoms with Gasteiger partial charge in [-0.15, -0.1) is 0 Å². The zero-order valence-corrected chi connectivity index (χ0v) is 15.0. The fourth-order valence-corrected chi connectivity index (χ4v) is 3.02. The van der Waals surface area contributed by atoms with Crippen LogP contribution < -0.4 is 15.2 Å². The lowest BCUT2D eigenvalue weighted by molar-refractivity contribution is 0.355. The molecule has 0 spiro atoms. The lowest BCUT2D eigenvalue weighted by Crippen LogP contribution is -2.01. The zero-order chi connectivity index (χ0) is 19.4. The highest BCUT2D eigenvalue weighted by Gasteiger charge is 2.19. The van der Waals surface area contributed by atoms with Gasteiger partial charge in [0, 0.05) is 11.1 Å². The molecule has 0 aliphatic heterocycles. The minimum atomic E-state index is 0.172. The van der Waals surface area contributed by atoms with Gasteiger partial charge in [0.15, 0.2) is 11.5 Å². The molecular weight excluding hydrogens is 338 g/mol. The molecule has 3 aromatic rings. The summed E-state index contributed by atoms with van der Waals surface area (Å²) in [7, 11) is 3.11. The summed E-state index contributed by atoms with van der Waals surface area (Å²) in [6, 6.07) is 21.0. The first-order valence-electron chi connectivity index (χ1n) is 8.19. The summed E-state index contributed by atoms with van der Waals surface area (Å²) in [5.74, 6) is 1.13. The largest absolute Gasteiger partial charge is 0.493 e. The third-order valence-corrected chi connectivity index (χ3v) is 4.37. The van der Waals surface area contributed by atoms with Crippen LogP contribution in [0.4, 0.5) is 5.69 Å². The average Bonchev–Trinajstić information content (AvgIpc) is 2.73. The van der Waals surface area contributed by atoms with E-state index in [0.717, 1.165) is 11.1 Å². The van der Waals surface area contributed by atoms with E-state index >= 15 is 0 Å². The Hall–Kier alpha value is -3.96. The molecule has 0 saturated carbocycles. The number of ether oxygens (including phenoxy) is 2. The van der Waals surface area contributed by atoms with Crippen molar-refractivity contribution in [2.45, 2.75) is 0 Å². The van der Waals surface area contributed by atoms with Crippen LogP contribution in [0, 0.1) is 22.7 Å². The van der Waals surface area contributed by atoms with E-state index in [0.29, 0.717) is 28.2 Å². The van der Waals surface area contributed by atoms with Crippen molar-refractivity contribution in [3.63, 3.8) is 0 Å². The normalized spacial score (nSPS) is 9.93. The minimum Gasteiger partial charge on any atom is -0.493 e. The molecule has 2 N–H and O–H groups in total. The van der Waals surface area contributed by atoms with Crippen molar-refractivity contribution in [2.75, 3.05) is 20.0 Å². The van der Waals surface area contributed by atoms with Gasteiger partial charge in [-0.2, -0.15) is 10.5 Å². The molecule has 3 rings (SSSR count). The van der Waals surface area contributed by atoms with Gasteiger partial charge in [0.05, 0.1) is 31.0 Å². The summed E-state index contributed by atoms with van der Waals surface area (Å²) in [4.78, 5) is 0. The highest BCUT2D eigenvalue weighted by molar-refractivity contribution is 5.89. The standard InChI is InChI=1S/C22H17N3O2/c1-26-20-9-8-15(10-21(20)27-2)17-11-16(14-6-4-3-5-7-14)18(12-23)22(25)19(17)13-24/h3-11H,25H2,1-2H3. The first-order chi connectivity index (χ1) is 13.1. The van der Waals surface area contributed by atoms with Crippen molar-refractivity contribution < 1.29 is 9.47 Å². The summed E-state index contributed by atoms with van der Waals surface area (Å²) in [6.45, 7) is 0. The van der Waals surface area contributed by atoms with Gasteiger partial charge < -0.3 is 15.2 Å². The number of nitrogens with zero attached hydrogens (tertiary/aromatic N) is 2. The molecule has 0 fully saturated rings. The first kappa shape index (κ1) is 17.8. The number of rotatable bonds is 4. The highest BCUT2D eigenvalue weighted by Crippen LogP contribution is 2.39. The van der Waals surface area contributed by atoms with Gasteiger partial charge in [-0.1, -0.05) is 36.4 Å². The molecule has 0 amide bonds. The van der Waals surface area contributed by atoms with Crippen LogP contribution in [-0.2, 0) is 0 Å². The molecule has 0 aliphatic rings. The summed E-state index contributed by atoms with van der Waals surface area (Å²) >= 11 is 0. The maximum atomic E-state index is 9.67. The molecular formula is C22H17N3O2. The molecule has 0 aromatic heterocycles. The molecule has 0 radical (unpaired) electrons. The number of benzene rings is 3. The Labute approximate surface area is 157 Å². The average molecular weight is 355 g/mol. The van der Waals surface area contributed by atoms with Gasteiger partial charge in [-0.05, 0) is 29.3 Å². The third kappa shape index (κ3) is 3.15. The van der Waals surface area contributed by atoms with Gasteiger partial charge in [0.1, 0.15) is 12.1 Å². The molecule has 0 atom stereocenters. The number of nitriles is 2. The van der Waals surface area contributed by atoms with Crippen molar-refractivity contribution in [3.05, 3.63) is 65.7 Å². The molecule has 0 bridgehead atoms. The first-order valence-corrected chi connectivity index (χ1v) is 8.19. The van der Waals surface area contributed by atoms with Crippen LogP contribution in [0.2, 0.25) is 0 Å². The number of nitrogens with two attached hydrogens (primary N) is 1. The van der Waals surface area contributed by atoms with E-state index in [-0.39, 0.29) is 11.3 Å². The van der Waals surface area contributed by atoms with Crippen LogP contribution in [-0.4, -0.2) is 14.2 Å². The number of nitrogen functional groups attached to an aromatic ring is 1. The number of methoxy groups -OCH3 is 2. The fraction of sp³-hybridized carbons (Fsp3) is 0.0909. The molecule has 0 unspecified atom stereocenters. The van der Waals surface area contributed by atoms with Crippen LogP contribution in [0.15, 0.2) is 54.6 Å². The third-order valence-electron chi connectivity index (χ3n) is 4.37. The summed E-state index contributed by atoms with van der Waals surface area (Å²) in [5.41, 5.74) is 9.85. The van der Waals surface area contributed by atoms with Crippen molar-refractivity contribution >= 4 is 5.69 Å². The predicted molar refractivity (Wildman–Crippen MR) is 104 cm³/mol. The van der Waals surface area contributed by atoms with Gasteiger partial charge >= 0.3 is 0 Å². The van der Waals surface area contributed by atoms with E-state index < -0.39 is 0 Å². The summed E-state index contributed by atoms with van der Waals surface area (Å²) < 4.78 is 10.6. The molecule has 0 aliphatic carbocycles. The smallest absolute Gasteiger partial charge is 0.161 e. The maximum Gasteiger partial charge on any atom is 0.161 e. The number of hydrogen-bond donors (Lipinski definition) is 1. The Bertz CT molecular complexity index is 1080. The Kier molecular flexibility index (Phi) is 4.97. The Morgan fingerprint density at radius 2 is 1.33 bits per heavy atom. The van der Waals surface area contributed by atoms with E-state index in [1.165, 1.54) is 0 Å². The van der Waals surface area contributed by atoms with E-state index in [1.54, 1.807) is 26.4 Å². The predicted octanol–water partition coefficient (Wildman–Crippen LogP) is 4.36. The van der Waals surface area contributed by atoms with Gasteiger partial charge in [0.25, 0.3) is 0 Å². The van der Waals surface area contributed by atoms with Crippen LogP contribution in [0.5, 0.6) is 11.5 Å².